The maximum absolute atomic E-state index is 5.88. The number of halogens is 2. The van der Waals surface area contributed by atoms with Crippen LogP contribution in [0, 0.1) is 6.92 Å². The molecule has 96 valence electrons. The SMILES string of the molecule is Cc1nnc(COc2c(N)cc(Cl)cc2Br)n1C. The summed E-state index contributed by atoms with van der Waals surface area (Å²) in [6.07, 6.45) is 0. The van der Waals surface area contributed by atoms with E-state index in [1.165, 1.54) is 0 Å². The van der Waals surface area contributed by atoms with Crippen LogP contribution < -0.4 is 10.5 Å². The molecule has 0 atom stereocenters. The number of benzene rings is 1. The molecule has 0 aliphatic rings. The summed E-state index contributed by atoms with van der Waals surface area (Å²) in [6, 6.07) is 3.37. The molecule has 0 amide bonds. The van der Waals surface area contributed by atoms with E-state index in [2.05, 4.69) is 26.1 Å². The van der Waals surface area contributed by atoms with Crippen LogP contribution in [0.1, 0.15) is 11.6 Å². The fourth-order valence-corrected chi connectivity index (χ4v) is 2.39. The average molecular weight is 332 g/mol. The van der Waals surface area contributed by atoms with Gasteiger partial charge in [-0.25, -0.2) is 0 Å². The number of aromatic nitrogens is 3. The number of hydrogen-bond donors (Lipinski definition) is 1. The maximum Gasteiger partial charge on any atom is 0.170 e. The van der Waals surface area contributed by atoms with E-state index in [-0.39, 0.29) is 0 Å². The molecule has 1 heterocycles. The van der Waals surface area contributed by atoms with E-state index >= 15 is 0 Å². The molecular formula is C11H12BrClN4O. The molecule has 18 heavy (non-hydrogen) atoms. The standard InChI is InChI=1S/C11H12BrClN4O/c1-6-15-16-10(17(6)2)5-18-11-8(12)3-7(13)4-9(11)14/h3-4H,5,14H2,1-2H3. The number of nitrogen functional groups attached to an aromatic ring is 1. The summed E-state index contributed by atoms with van der Waals surface area (Å²) >= 11 is 9.24. The van der Waals surface area contributed by atoms with Crippen molar-refractivity contribution in [2.24, 2.45) is 7.05 Å². The molecule has 0 aliphatic carbocycles. The molecule has 0 aliphatic heterocycles. The van der Waals surface area contributed by atoms with Crippen LogP contribution in [0.4, 0.5) is 5.69 Å². The largest absolute Gasteiger partial charge is 0.482 e. The molecule has 1 aromatic heterocycles. The molecule has 0 spiro atoms. The molecular weight excluding hydrogens is 320 g/mol. The lowest BCUT2D eigenvalue weighted by molar-refractivity contribution is 0.291. The van der Waals surface area contributed by atoms with Gasteiger partial charge in [0.05, 0.1) is 10.2 Å². The second-order valence-electron chi connectivity index (χ2n) is 3.82. The van der Waals surface area contributed by atoms with Gasteiger partial charge in [-0.05, 0) is 35.0 Å². The minimum atomic E-state index is 0.293. The van der Waals surface area contributed by atoms with Crippen LogP contribution in [0.2, 0.25) is 5.02 Å². The van der Waals surface area contributed by atoms with Gasteiger partial charge in [0.1, 0.15) is 12.4 Å². The van der Waals surface area contributed by atoms with E-state index in [0.717, 1.165) is 11.6 Å². The van der Waals surface area contributed by atoms with Crippen molar-refractivity contribution in [3.8, 4) is 5.75 Å². The van der Waals surface area contributed by atoms with E-state index in [1.807, 2.05) is 18.5 Å². The third-order valence-corrected chi connectivity index (χ3v) is 3.37. The molecule has 0 saturated heterocycles. The Morgan fingerprint density at radius 2 is 2.17 bits per heavy atom. The van der Waals surface area contributed by atoms with Crippen molar-refractivity contribution in [3.63, 3.8) is 0 Å². The fraction of sp³-hybridized carbons (Fsp3) is 0.273. The summed E-state index contributed by atoms with van der Waals surface area (Å²) < 4.78 is 8.22. The quantitative estimate of drug-likeness (QED) is 0.878. The van der Waals surface area contributed by atoms with Gasteiger partial charge in [-0.1, -0.05) is 11.6 Å². The second-order valence-corrected chi connectivity index (χ2v) is 5.11. The molecule has 0 fully saturated rings. The van der Waals surface area contributed by atoms with Gasteiger partial charge >= 0.3 is 0 Å². The summed E-state index contributed by atoms with van der Waals surface area (Å²) in [6.45, 7) is 2.17. The lowest BCUT2D eigenvalue weighted by atomic mass is 10.3. The Hall–Kier alpha value is -1.27. The molecule has 0 radical (unpaired) electrons. The lowest BCUT2D eigenvalue weighted by Gasteiger charge is -2.11. The van der Waals surface area contributed by atoms with Gasteiger partial charge in [-0.2, -0.15) is 0 Å². The van der Waals surface area contributed by atoms with Gasteiger partial charge in [0.15, 0.2) is 11.6 Å². The highest BCUT2D eigenvalue weighted by Crippen LogP contribution is 2.34. The topological polar surface area (TPSA) is 66.0 Å². The number of hydrogen-bond acceptors (Lipinski definition) is 4. The van der Waals surface area contributed by atoms with Gasteiger partial charge in [0.2, 0.25) is 0 Å². The number of rotatable bonds is 3. The number of anilines is 1. The highest BCUT2D eigenvalue weighted by molar-refractivity contribution is 9.10. The zero-order valence-corrected chi connectivity index (χ0v) is 12.3. The smallest absolute Gasteiger partial charge is 0.170 e. The minimum absolute atomic E-state index is 0.293. The Balaban J connectivity index is 2.18. The van der Waals surface area contributed by atoms with Crippen LogP contribution in [0.15, 0.2) is 16.6 Å². The highest BCUT2D eigenvalue weighted by Gasteiger charge is 2.11. The zero-order chi connectivity index (χ0) is 13.3. The van der Waals surface area contributed by atoms with E-state index in [9.17, 15) is 0 Å². The van der Waals surface area contributed by atoms with Gasteiger partial charge in [0.25, 0.3) is 0 Å². The van der Waals surface area contributed by atoms with Crippen LogP contribution in [-0.2, 0) is 13.7 Å². The number of nitrogens with two attached hydrogens (primary N) is 1. The second kappa shape index (κ2) is 5.16. The van der Waals surface area contributed by atoms with Gasteiger partial charge in [-0.3, -0.25) is 0 Å². The maximum atomic E-state index is 5.88. The zero-order valence-electron chi connectivity index (χ0n) is 9.94. The Morgan fingerprint density at radius 3 is 2.72 bits per heavy atom. The molecule has 2 aromatic rings. The van der Waals surface area contributed by atoms with Crippen LogP contribution in [-0.4, -0.2) is 14.8 Å². The molecule has 5 nitrogen and oxygen atoms in total. The van der Waals surface area contributed by atoms with E-state index in [0.29, 0.717) is 27.5 Å². The Morgan fingerprint density at radius 1 is 1.44 bits per heavy atom. The number of nitrogens with zero attached hydrogens (tertiary/aromatic N) is 3. The van der Waals surface area contributed by atoms with Crippen molar-refractivity contribution in [2.45, 2.75) is 13.5 Å². The Labute approximate surface area is 118 Å². The molecule has 0 unspecified atom stereocenters. The first-order chi connectivity index (χ1) is 8.49. The normalized spacial score (nSPS) is 10.7. The first-order valence-corrected chi connectivity index (χ1v) is 6.38. The Bertz CT molecular complexity index is 561. The van der Waals surface area contributed by atoms with E-state index in [4.69, 9.17) is 22.1 Å². The van der Waals surface area contributed by atoms with Gasteiger partial charge in [-0.15, -0.1) is 10.2 Å². The van der Waals surface area contributed by atoms with Crippen molar-refractivity contribution in [1.29, 1.82) is 0 Å². The monoisotopic (exact) mass is 330 g/mol. The number of aryl methyl sites for hydroxylation is 1. The predicted molar refractivity (Wildman–Crippen MR) is 73.6 cm³/mol. The third-order valence-electron chi connectivity index (χ3n) is 2.57. The first kappa shape index (κ1) is 13.2. The fourth-order valence-electron chi connectivity index (χ4n) is 1.45. The molecule has 0 bridgehead atoms. The number of ether oxygens (including phenoxy) is 1. The molecule has 0 saturated carbocycles. The van der Waals surface area contributed by atoms with Crippen LogP contribution in [0.3, 0.4) is 0 Å². The molecule has 2 N–H and O–H groups in total. The van der Waals surface area contributed by atoms with Crippen molar-refractivity contribution in [1.82, 2.24) is 14.8 Å². The highest BCUT2D eigenvalue weighted by atomic mass is 79.9. The summed E-state index contributed by atoms with van der Waals surface area (Å²) in [4.78, 5) is 0. The summed E-state index contributed by atoms with van der Waals surface area (Å²) in [5, 5.41) is 8.53. The summed E-state index contributed by atoms with van der Waals surface area (Å²) in [7, 11) is 1.88. The van der Waals surface area contributed by atoms with Crippen LogP contribution in [0.25, 0.3) is 0 Å². The third kappa shape index (κ3) is 2.59. The van der Waals surface area contributed by atoms with Gasteiger partial charge < -0.3 is 15.0 Å². The summed E-state index contributed by atoms with van der Waals surface area (Å²) in [5.74, 6) is 2.12. The van der Waals surface area contributed by atoms with Crippen molar-refractivity contribution < 1.29 is 4.74 Å². The molecule has 7 heteroatoms. The van der Waals surface area contributed by atoms with E-state index < -0.39 is 0 Å². The lowest BCUT2D eigenvalue weighted by Crippen LogP contribution is -2.06. The average Bonchev–Trinajstić information content (AvgIpc) is 2.59. The van der Waals surface area contributed by atoms with E-state index in [1.54, 1.807) is 12.1 Å². The van der Waals surface area contributed by atoms with Gasteiger partial charge in [0, 0.05) is 12.1 Å². The molecule has 2 rings (SSSR count). The van der Waals surface area contributed by atoms with Crippen molar-refractivity contribution in [3.05, 3.63) is 33.3 Å². The van der Waals surface area contributed by atoms with Crippen LogP contribution >= 0.6 is 27.5 Å². The minimum Gasteiger partial charge on any atom is -0.482 e. The Kier molecular flexibility index (Phi) is 3.77. The first-order valence-electron chi connectivity index (χ1n) is 5.21. The van der Waals surface area contributed by atoms with Crippen molar-refractivity contribution in [2.75, 3.05) is 5.73 Å². The van der Waals surface area contributed by atoms with Crippen LogP contribution in [0.5, 0.6) is 5.75 Å². The predicted octanol–water partition coefficient (Wildman–Crippen LogP) is 2.70. The van der Waals surface area contributed by atoms with Crippen molar-refractivity contribution >= 4 is 33.2 Å². The summed E-state index contributed by atoms with van der Waals surface area (Å²) in [5.41, 5.74) is 6.33. The molecule has 1 aromatic carbocycles.